The molecule has 0 unspecified atom stereocenters. The molecule has 0 amide bonds. The molecular formula is C10H15N3O. The van der Waals surface area contributed by atoms with E-state index in [1.54, 1.807) is 19.3 Å². The average Bonchev–Trinajstić information content (AvgIpc) is 2.71. The van der Waals surface area contributed by atoms with Gasteiger partial charge in [-0.05, 0) is 25.7 Å². The average molecular weight is 193 g/mol. The summed E-state index contributed by atoms with van der Waals surface area (Å²) in [5.41, 5.74) is 0. The molecule has 2 rings (SSSR count). The predicted molar refractivity (Wildman–Crippen MR) is 54.5 cm³/mol. The van der Waals surface area contributed by atoms with E-state index in [2.05, 4.69) is 15.3 Å². The SMILES string of the molecule is CNc1nccc(OC2CCCC2)n1. The van der Waals surface area contributed by atoms with Crippen molar-refractivity contribution in [1.29, 1.82) is 0 Å². The quantitative estimate of drug-likeness (QED) is 0.795. The van der Waals surface area contributed by atoms with E-state index in [0.717, 1.165) is 12.8 Å². The molecule has 1 aromatic rings. The summed E-state index contributed by atoms with van der Waals surface area (Å²) in [7, 11) is 1.80. The molecule has 4 heteroatoms. The second kappa shape index (κ2) is 4.26. The lowest BCUT2D eigenvalue weighted by Gasteiger charge is -2.11. The largest absolute Gasteiger partial charge is 0.474 e. The Morgan fingerprint density at radius 1 is 1.43 bits per heavy atom. The lowest BCUT2D eigenvalue weighted by Crippen LogP contribution is -2.12. The highest BCUT2D eigenvalue weighted by atomic mass is 16.5. The number of anilines is 1. The van der Waals surface area contributed by atoms with E-state index >= 15 is 0 Å². The summed E-state index contributed by atoms with van der Waals surface area (Å²) in [4.78, 5) is 8.24. The Morgan fingerprint density at radius 2 is 2.21 bits per heavy atom. The van der Waals surface area contributed by atoms with Crippen LogP contribution < -0.4 is 10.1 Å². The third-order valence-corrected chi connectivity index (χ3v) is 2.44. The fraction of sp³-hybridized carbons (Fsp3) is 0.600. The van der Waals surface area contributed by atoms with Gasteiger partial charge in [0.1, 0.15) is 6.10 Å². The molecule has 0 bridgehead atoms. The summed E-state index contributed by atoms with van der Waals surface area (Å²) in [6.07, 6.45) is 6.92. The van der Waals surface area contributed by atoms with Gasteiger partial charge in [0, 0.05) is 19.3 Å². The molecule has 0 saturated heterocycles. The molecule has 0 spiro atoms. The molecular weight excluding hydrogens is 178 g/mol. The minimum atomic E-state index is 0.356. The fourth-order valence-electron chi connectivity index (χ4n) is 1.71. The zero-order valence-corrected chi connectivity index (χ0v) is 8.36. The minimum absolute atomic E-state index is 0.356. The molecule has 1 heterocycles. The molecule has 1 aromatic heterocycles. The maximum Gasteiger partial charge on any atom is 0.225 e. The van der Waals surface area contributed by atoms with Crippen LogP contribution >= 0.6 is 0 Å². The van der Waals surface area contributed by atoms with Crippen molar-refractivity contribution in [2.45, 2.75) is 31.8 Å². The first-order chi connectivity index (χ1) is 6.88. The van der Waals surface area contributed by atoms with Gasteiger partial charge in [-0.3, -0.25) is 0 Å². The van der Waals surface area contributed by atoms with E-state index in [-0.39, 0.29) is 0 Å². The second-order valence-corrected chi connectivity index (χ2v) is 3.49. The van der Waals surface area contributed by atoms with Gasteiger partial charge in [-0.25, -0.2) is 4.98 Å². The number of ether oxygens (including phenoxy) is 1. The third-order valence-electron chi connectivity index (χ3n) is 2.44. The Hall–Kier alpha value is -1.32. The van der Waals surface area contributed by atoms with Crippen molar-refractivity contribution in [2.24, 2.45) is 0 Å². The molecule has 1 aliphatic carbocycles. The summed E-state index contributed by atoms with van der Waals surface area (Å²) >= 11 is 0. The van der Waals surface area contributed by atoms with Crippen LogP contribution in [-0.2, 0) is 0 Å². The molecule has 1 fully saturated rings. The monoisotopic (exact) mass is 193 g/mol. The standard InChI is InChI=1S/C10H15N3O/c1-11-10-12-7-6-9(13-10)14-8-4-2-3-5-8/h6-8H,2-5H2,1H3,(H,11,12,13). The van der Waals surface area contributed by atoms with Crippen LogP contribution in [0.15, 0.2) is 12.3 Å². The van der Waals surface area contributed by atoms with E-state index in [1.807, 2.05) is 0 Å². The molecule has 0 aromatic carbocycles. The van der Waals surface area contributed by atoms with Crippen molar-refractivity contribution < 1.29 is 4.74 Å². The van der Waals surface area contributed by atoms with Crippen LogP contribution in [0.1, 0.15) is 25.7 Å². The van der Waals surface area contributed by atoms with Gasteiger partial charge < -0.3 is 10.1 Å². The maximum atomic E-state index is 5.73. The van der Waals surface area contributed by atoms with Gasteiger partial charge in [0.2, 0.25) is 11.8 Å². The second-order valence-electron chi connectivity index (χ2n) is 3.49. The van der Waals surface area contributed by atoms with Crippen molar-refractivity contribution in [3.63, 3.8) is 0 Å². The molecule has 0 atom stereocenters. The highest BCUT2D eigenvalue weighted by Gasteiger charge is 2.16. The number of hydrogen-bond acceptors (Lipinski definition) is 4. The van der Waals surface area contributed by atoms with Crippen LogP contribution in [-0.4, -0.2) is 23.1 Å². The van der Waals surface area contributed by atoms with Crippen molar-refractivity contribution in [1.82, 2.24) is 9.97 Å². The number of nitrogens with zero attached hydrogens (tertiary/aromatic N) is 2. The number of hydrogen-bond donors (Lipinski definition) is 1. The van der Waals surface area contributed by atoms with Crippen LogP contribution in [0.4, 0.5) is 5.95 Å². The number of rotatable bonds is 3. The summed E-state index contributed by atoms with van der Waals surface area (Å²) in [6.45, 7) is 0. The van der Waals surface area contributed by atoms with Crippen molar-refractivity contribution in [3.05, 3.63) is 12.3 Å². The Bertz CT molecular complexity index is 297. The van der Waals surface area contributed by atoms with Crippen molar-refractivity contribution in [3.8, 4) is 5.88 Å². The fourth-order valence-corrected chi connectivity index (χ4v) is 1.71. The summed E-state index contributed by atoms with van der Waals surface area (Å²) in [5.74, 6) is 1.29. The van der Waals surface area contributed by atoms with E-state index < -0.39 is 0 Å². The van der Waals surface area contributed by atoms with Crippen LogP contribution in [0.2, 0.25) is 0 Å². The van der Waals surface area contributed by atoms with Gasteiger partial charge in [0.25, 0.3) is 0 Å². The zero-order chi connectivity index (χ0) is 9.80. The minimum Gasteiger partial charge on any atom is -0.474 e. The maximum absolute atomic E-state index is 5.73. The van der Waals surface area contributed by atoms with Crippen LogP contribution in [0.3, 0.4) is 0 Å². The molecule has 0 aliphatic heterocycles. The van der Waals surface area contributed by atoms with E-state index in [0.29, 0.717) is 17.9 Å². The molecule has 4 nitrogen and oxygen atoms in total. The van der Waals surface area contributed by atoms with E-state index in [4.69, 9.17) is 4.74 Å². The molecule has 1 saturated carbocycles. The molecule has 0 radical (unpaired) electrons. The highest BCUT2D eigenvalue weighted by molar-refractivity contribution is 5.26. The smallest absolute Gasteiger partial charge is 0.225 e. The first kappa shape index (κ1) is 9.24. The van der Waals surface area contributed by atoms with Crippen LogP contribution in [0, 0.1) is 0 Å². The normalized spacial score (nSPS) is 16.9. The number of aromatic nitrogens is 2. The highest BCUT2D eigenvalue weighted by Crippen LogP contribution is 2.22. The molecule has 1 N–H and O–H groups in total. The van der Waals surface area contributed by atoms with Crippen molar-refractivity contribution in [2.75, 3.05) is 12.4 Å². The lowest BCUT2D eigenvalue weighted by molar-refractivity contribution is 0.201. The summed E-state index contributed by atoms with van der Waals surface area (Å²) in [5, 5.41) is 2.89. The summed E-state index contributed by atoms with van der Waals surface area (Å²) in [6, 6.07) is 1.80. The lowest BCUT2D eigenvalue weighted by atomic mass is 10.3. The van der Waals surface area contributed by atoms with Gasteiger partial charge in [-0.1, -0.05) is 0 Å². The molecule has 1 aliphatic rings. The van der Waals surface area contributed by atoms with Gasteiger partial charge in [-0.15, -0.1) is 0 Å². The van der Waals surface area contributed by atoms with E-state index in [9.17, 15) is 0 Å². The summed E-state index contributed by atoms with van der Waals surface area (Å²) < 4.78 is 5.73. The Labute approximate surface area is 83.7 Å². The number of nitrogens with one attached hydrogen (secondary N) is 1. The third kappa shape index (κ3) is 2.13. The molecule has 14 heavy (non-hydrogen) atoms. The first-order valence-electron chi connectivity index (χ1n) is 5.06. The van der Waals surface area contributed by atoms with Gasteiger partial charge in [-0.2, -0.15) is 4.98 Å². The van der Waals surface area contributed by atoms with Gasteiger partial charge in [0.05, 0.1) is 0 Å². The molecule has 76 valence electrons. The van der Waals surface area contributed by atoms with Crippen LogP contribution in [0.5, 0.6) is 5.88 Å². The Kier molecular flexibility index (Phi) is 2.81. The predicted octanol–water partition coefficient (Wildman–Crippen LogP) is 1.84. The van der Waals surface area contributed by atoms with Crippen molar-refractivity contribution >= 4 is 5.95 Å². The van der Waals surface area contributed by atoms with Gasteiger partial charge >= 0.3 is 0 Å². The van der Waals surface area contributed by atoms with Crippen LogP contribution in [0.25, 0.3) is 0 Å². The first-order valence-corrected chi connectivity index (χ1v) is 5.06. The Balaban J connectivity index is 2.00. The topological polar surface area (TPSA) is 47.0 Å². The van der Waals surface area contributed by atoms with E-state index in [1.165, 1.54) is 12.8 Å². The van der Waals surface area contributed by atoms with Gasteiger partial charge in [0.15, 0.2) is 0 Å². The Morgan fingerprint density at radius 3 is 2.93 bits per heavy atom. The zero-order valence-electron chi connectivity index (χ0n) is 8.36.